The number of imide groups is 1. The zero-order valence-electron chi connectivity index (χ0n) is 25.6. The molecular weight excluding hydrogens is 604 g/mol. The van der Waals surface area contributed by atoms with E-state index in [-0.39, 0.29) is 12.6 Å². The lowest BCUT2D eigenvalue weighted by molar-refractivity contribution is 0.0628. The van der Waals surface area contributed by atoms with Crippen LogP contribution in [0.15, 0.2) is 91.3 Å². The van der Waals surface area contributed by atoms with Crippen molar-refractivity contribution in [1.82, 2.24) is 19.6 Å². The quantitative estimate of drug-likeness (QED) is 0.178. The summed E-state index contributed by atoms with van der Waals surface area (Å²) in [7, 11) is 0. The van der Waals surface area contributed by atoms with Crippen molar-refractivity contribution in [1.29, 1.82) is 0 Å². The molecule has 0 bridgehead atoms. The highest BCUT2D eigenvalue weighted by Gasteiger charge is 2.36. The summed E-state index contributed by atoms with van der Waals surface area (Å²) in [5, 5.41) is 13.5. The fraction of sp³-hybridized carbons (Fsp3) is 0.222. The van der Waals surface area contributed by atoms with Gasteiger partial charge in [-0.25, -0.2) is 4.98 Å². The second kappa shape index (κ2) is 12.8. The van der Waals surface area contributed by atoms with E-state index < -0.39 is 29.9 Å². The number of amides is 3. The molecule has 2 aromatic heterocycles. The third kappa shape index (κ3) is 6.24. The number of carbonyl (C=O) groups excluding carboxylic acids is 3. The number of carbonyl (C=O) groups is 3. The second-order valence-electron chi connectivity index (χ2n) is 11.6. The fourth-order valence-electron chi connectivity index (χ4n) is 5.64. The number of hydrogen-bond donors (Lipinski definition) is 2. The van der Waals surface area contributed by atoms with Crippen molar-refractivity contribution in [3.8, 4) is 17.0 Å². The predicted molar refractivity (Wildman–Crippen MR) is 175 cm³/mol. The van der Waals surface area contributed by atoms with Gasteiger partial charge < -0.3 is 19.6 Å². The van der Waals surface area contributed by atoms with Crippen LogP contribution < -0.4 is 10.1 Å². The number of hydrogen-bond acceptors (Lipinski definition) is 6. The van der Waals surface area contributed by atoms with Gasteiger partial charge in [0, 0.05) is 35.6 Å². The molecule has 9 nitrogen and oxygen atoms in total. The summed E-state index contributed by atoms with van der Waals surface area (Å²) in [6, 6.07) is 22.4. The molecule has 1 aliphatic rings. The van der Waals surface area contributed by atoms with E-state index in [0.29, 0.717) is 39.5 Å². The van der Waals surface area contributed by atoms with Gasteiger partial charge in [-0.3, -0.25) is 19.3 Å². The molecule has 0 saturated carbocycles. The number of fused-ring (bicyclic) bond motifs is 2. The van der Waals surface area contributed by atoms with Crippen molar-refractivity contribution in [3.05, 3.63) is 124 Å². The molecule has 3 aromatic carbocycles. The van der Waals surface area contributed by atoms with Gasteiger partial charge in [-0.1, -0.05) is 54.1 Å². The molecule has 234 valence electrons. The number of imidazole rings is 1. The normalized spacial score (nSPS) is 14.1. The Labute approximate surface area is 271 Å². The Morgan fingerprint density at radius 3 is 2.28 bits per heavy atom. The van der Waals surface area contributed by atoms with Crippen LogP contribution >= 0.6 is 11.6 Å². The van der Waals surface area contributed by atoms with Gasteiger partial charge in [-0.05, 0) is 69.2 Å². The summed E-state index contributed by atoms with van der Waals surface area (Å²) in [5.41, 5.74) is 4.96. The van der Waals surface area contributed by atoms with Crippen LogP contribution in [0.4, 0.5) is 0 Å². The minimum atomic E-state index is -0.655. The summed E-state index contributed by atoms with van der Waals surface area (Å²) in [4.78, 5) is 45.8. The van der Waals surface area contributed by atoms with Gasteiger partial charge in [0.15, 0.2) is 0 Å². The number of pyridine rings is 1. The monoisotopic (exact) mass is 636 g/mol. The number of aliphatic hydroxyl groups excluding tert-OH is 1. The largest absolute Gasteiger partial charge is 0.489 e. The Hall–Kier alpha value is -4.99. The van der Waals surface area contributed by atoms with Crippen LogP contribution in [0.25, 0.3) is 16.9 Å². The molecule has 0 radical (unpaired) electrons. The lowest BCUT2D eigenvalue weighted by Gasteiger charge is -2.24. The standard InChI is InChI=1S/C36H33ClN4O5/c1-21(2)46-32-15-14-25(18-30(32)37)34(43)38-26(19-41-35(44)28-7-4-5-8-29(28)36(41)45)17-23-10-12-24(13-11-23)31-20-40-16-6-9-27(22(3)42)33(40)39-31/h4-16,18,20-22,26,42H,17,19H2,1-3H3,(H,38,43)/t22-,26-/m0/s1. The van der Waals surface area contributed by atoms with Crippen LogP contribution in [0.1, 0.15) is 69.1 Å². The van der Waals surface area contributed by atoms with E-state index >= 15 is 0 Å². The molecule has 3 heterocycles. The molecule has 0 fully saturated rings. The van der Waals surface area contributed by atoms with Gasteiger partial charge in [0.1, 0.15) is 11.4 Å². The maximum absolute atomic E-state index is 13.5. The lowest BCUT2D eigenvalue weighted by atomic mass is 10.0. The van der Waals surface area contributed by atoms with Crippen molar-refractivity contribution in [2.75, 3.05) is 6.54 Å². The summed E-state index contributed by atoms with van der Waals surface area (Å²) in [5.74, 6) is -0.702. The summed E-state index contributed by atoms with van der Waals surface area (Å²) in [6.07, 6.45) is 3.40. The minimum Gasteiger partial charge on any atom is -0.489 e. The summed E-state index contributed by atoms with van der Waals surface area (Å²) in [6.45, 7) is 5.47. The Bertz CT molecular complexity index is 1920. The number of rotatable bonds is 10. The fourth-order valence-corrected chi connectivity index (χ4v) is 5.87. The maximum atomic E-state index is 13.5. The van der Waals surface area contributed by atoms with Crippen LogP contribution in [-0.2, 0) is 6.42 Å². The molecule has 0 aliphatic carbocycles. The first-order valence-electron chi connectivity index (χ1n) is 15.1. The first-order chi connectivity index (χ1) is 22.1. The number of aromatic nitrogens is 2. The zero-order chi connectivity index (χ0) is 32.5. The molecular formula is C36H33ClN4O5. The average molecular weight is 637 g/mol. The molecule has 3 amide bonds. The Kier molecular flexibility index (Phi) is 8.62. The van der Waals surface area contributed by atoms with Gasteiger partial charge in [-0.15, -0.1) is 0 Å². The SMILES string of the molecule is CC(C)Oc1ccc(C(=O)N[C@@H](Cc2ccc(-c3cn4cccc([C@H](C)O)c4n3)cc2)CN2C(=O)c3ccccc3C2=O)cc1Cl. The molecule has 0 spiro atoms. The first-order valence-corrected chi connectivity index (χ1v) is 15.4. The van der Waals surface area contributed by atoms with Crippen molar-refractivity contribution in [2.24, 2.45) is 0 Å². The van der Waals surface area contributed by atoms with E-state index in [0.717, 1.165) is 22.4 Å². The van der Waals surface area contributed by atoms with Crippen LogP contribution in [0.3, 0.4) is 0 Å². The number of aliphatic hydroxyl groups is 1. The third-order valence-corrected chi connectivity index (χ3v) is 8.16. The average Bonchev–Trinajstić information content (AvgIpc) is 3.57. The number of ether oxygens (including phenoxy) is 1. The van der Waals surface area contributed by atoms with E-state index in [1.807, 2.05) is 67.0 Å². The van der Waals surface area contributed by atoms with Crippen LogP contribution in [0.5, 0.6) is 5.75 Å². The van der Waals surface area contributed by atoms with Gasteiger partial charge in [0.25, 0.3) is 17.7 Å². The van der Waals surface area contributed by atoms with Crippen LogP contribution in [0, 0.1) is 0 Å². The highest BCUT2D eigenvalue weighted by Crippen LogP contribution is 2.28. The van der Waals surface area contributed by atoms with Crippen molar-refractivity contribution in [2.45, 2.75) is 45.4 Å². The van der Waals surface area contributed by atoms with E-state index in [2.05, 4.69) is 5.32 Å². The molecule has 46 heavy (non-hydrogen) atoms. The molecule has 5 aromatic rings. The van der Waals surface area contributed by atoms with Crippen molar-refractivity contribution >= 4 is 35.0 Å². The van der Waals surface area contributed by atoms with Crippen molar-refractivity contribution in [3.63, 3.8) is 0 Å². The number of nitrogens with one attached hydrogen (secondary N) is 1. The zero-order valence-corrected chi connectivity index (χ0v) is 26.4. The predicted octanol–water partition coefficient (Wildman–Crippen LogP) is 6.13. The topological polar surface area (TPSA) is 113 Å². The minimum absolute atomic E-state index is 0.0172. The maximum Gasteiger partial charge on any atom is 0.261 e. The molecule has 0 saturated heterocycles. The van der Waals surface area contributed by atoms with Gasteiger partial charge in [0.2, 0.25) is 0 Å². The Morgan fingerprint density at radius 2 is 1.65 bits per heavy atom. The Balaban J connectivity index is 1.25. The summed E-state index contributed by atoms with van der Waals surface area (Å²) < 4.78 is 7.58. The third-order valence-electron chi connectivity index (χ3n) is 7.87. The van der Waals surface area contributed by atoms with Gasteiger partial charge in [-0.2, -0.15) is 0 Å². The number of nitrogens with zero attached hydrogens (tertiary/aromatic N) is 3. The second-order valence-corrected chi connectivity index (χ2v) is 12.1. The summed E-state index contributed by atoms with van der Waals surface area (Å²) >= 11 is 6.40. The van der Waals surface area contributed by atoms with E-state index in [1.54, 1.807) is 49.4 Å². The molecule has 10 heteroatoms. The van der Waals surface area contributed by atoms with E-state index in [9.17, 15) is 19.5 Å². The van der Waals surface area contributed by atoms with Gasteiger partial charge in [0.05, 0.1) is 40.1 Å². The molecule has 6 rings (SSSR count). The van der Waals surface area contributed by atoms with Crippen LogP contribution in [-0.4, -0.2) is 55.8 Å². The number of halogens is 1. The van der Waals surface area contributed by atoms with Crippen molar-refractivity contribution < 1.29 is 24.2 Å². The van der Waals surface area contributed by atoms with E-state index in [4.69, 9.17) is 21.3 Å². The molecule has 2 atom stereocenters. The number of benzene rings is 3. The molecule has 1 aliphatic heterocycles. The highest BCUT2D eigenvalue weighted by atomic mass is 35.5. The van der Waals surface area contributed by atoms with Crippen LogP contribution in [0.2, 0.25) is 5.02 Å². The van der Waals surface area contributed by atoms with E-state index in [1.165, 1.54) is 4.90 Å². The molecule has 0 unspecified atom stereocenters. The Morgan fingerprint density at radius 1 is 0.957 bits per heavy atom. The molecule has 2 N–H and O–H groups in total. The smallest absolute Gasteiger partial charge is 0.261 e. The highest BCUT2D eigenvalue weighted by molar-refractivity contribution is 6.32. The lowest BCUT2D eigenvalue weighted by Crippen LogP contribution is -2.47. The van der Waals surface area contributed by atoms with Gasteiger partial charge >= 0.3 is 0 Å². The first kappa shape index (κ1) is 31.0.